The number of urea groups is 1. The number of hydrogen-bond acceptors (Lipinski definition) is 4. The first-order valence-corrected chi connectivity index (χ1v) is 8.07. The molecule has 1 fully saturated rings. The van der Waals surface area contributed by atoms with Crippen LogP contribution < -0.4 is 20.3 Å². The minimum Gasteiger partial charge on any atom is -0.494 e. The third-order valence-electron chi connectivity index (χ3n) is 3.77. The number of aliphatic hydroxyl groups excluding tert-OH is 1. The van der Waals surface area contributed by atoms with E-state index in [2.05, 4.69) is 10.6 Å². The molecule has 0 aromatic heterocycles. The van der Waals surface area contributed by atoms with Gasteiger partial charge in [-0.25, -0.2) is 4.79 Å². The molecule has 2 rings (SSSR count). The van der Waals surface area contributed by atoms with Crippen molar-refractivity contribution in [2.45, 2.75) is 38.8 Å². The van der Waals surface area contributed by atoms with E-state index in [1.165, 1.54) is 0 Å². The summed E-state index contributed by atoms with van der Waals surface area (Å²) in [4.78, 5) is 25.8. The van der Waals surface area contributed by atoms with Crippen LogP contribution >= 0.6 is 0 Å². The molecule has 1 atom stereocenters. The highest BCUT2D eigenvalue weighted by atomic mass is 16.5. The third-order valence-corrected chi connectivity index (χ3v) is 3.77. The first-order chi connectivity index (χ1) is 11.3. The molecule has 7 nitrogen and oxygen atoms in total. The van der Waals surface area contributed by atoms with Crippen molar-refractivity contribution >= 4 is 17.6 Å². The highest BCUT2D eigenvalue weighted by Crippen LogP contribution is 2.24. The van der Waals surface area contributed by atoms with Crippen molar-refractivity contribution in [1.82, 2.24) is 10.6 Å². The average Bonchev–Trinajstić information content (AvgIpc) is 2.88. The standard InChI is InChI=1S/C17H25N3O4/c1-4-24-14-7-5-13(6-8-14)20-10-12(9-15(20)22)18-16(23)19-17(2,3)11-21/h5-8,12,21H,4,9-11H2,1-3H3,(H2,18,19,23)/t12-/m0/s1. The summed E-state index contributed by atoms with van der Waals surface area (Å²) in [5, 5.41) is 14.6. The fourth-order valence-corrected chi connectivity index (χ4v) is 2.51. The second-order valence-electron chi connectivity index (χ2n) is 6.47. The summed E-state index contributed by atoms with van der Waals surface area (Å²) in [6, 6.07) is 6.66. The van der Waals surface area contributed by atoms with Crippen molar-refractivity contribution in [3.05, 3.63) is 24.3 Å². The van der Waals surface area contributed by atoms with Crippen LogP contribution in [0.2, 0.25) is 0 Å². The van der Waals surface area contributed by atoms with Gasteiger partial charge in [0, 0.05) is 18.7 Å². The molecule has 1 aromatic rings. The quantitative estimate of drug-likeness (QED) is 0.730. The normalized spacial score (nSPS) is 17.8. The lowest BCUT2D eigenvalue weighted by Gasteiger charge is -2.25. The Kier molecular flexibility index (Phi) is 5.66. The predicted octanol–water partition coefficient (Wildman–Crippen LogP) is 1.26. The summed E-state index contributed by atoms with van der Waals surface area (Å²) < 4.78 is 5.39. The molecule has 0 saturated carbocycles. The lowest BCUT2D eigenvalue weighted by atomic mass is 10.1. The topological polar surface area (TPSA) is 90.9 Å². The number of hydrogen-bond donors (Lipinski definition) is 3. The predicted molar refractivity (Wildman–Crippen MR) is 91.2 cm³/mol. The van der Waals surface area contributed by atoms with E-state index in [0.29, 0.717) is 13.2 Å². The van der Waals surface area contributed by atoms with Crippen molar-refractivity contribution in [2.24, 2.45) is 0 Å². The molecule has 1 aliphatic rings. The van der Waals surface area contributed by atoms with Crippen molar-refractivity contribution in [3.8, 4) is 5.75 Å². The molecule has 24 heavy (non-hydrogen) atoms. The zero-order valence-electron chi connectivity index (χ0n) is 14.3. The second kappa shape index (κ2) is 7.53. The van der Waals surface area contributed by atoms with Crippen molar-refractivity contribution < 1.29 is 19.4 Å². The van der Waals surface area contributed by atoms with Gasteiger partial charge in [0.05, 0.1) is 24.8 Å². The van der Waals surface area contributed by atoms with Crippen LogP contribution in [0.3, 0.4) is 0 Å². The Hall–Kier alpha value is -2.28. The lowest BCUT2D eigenvalue weighted by molar-refractivity contribution is -0.117. The van der Waals surface area contributed by atoms with Gasteiger partial charge in [-0.1, -0.05) is 0 Å². The summed E-state index contributed by atoms with van der Waals surface area (Å²) in [6.07, 6.45) is 0.250. The van der Waals surface area contributed by atoms with Crippen molar-refractivity contribution in [1.29, 1.82) is 0 Å². The molecule has 0 aliphatic carbocycles. The molecule has 0 spiro atoms. The maximum atomic E-state index is 12.2. The number of carbonyl (C=O) groups is 2. The number of carbonyl (C=O) groups excluding carboxylic acids is 2. The van der Waals surface area contributed by atoms with Crippen LogP contribution in [0.15, 0.2) is 24.3 Å². The summed E-state index contributed by atoms with van der Waals surface area (Å²) >= 11 is 0. The van der Waals surface area contributed by atoms with Crippen LogP contribution in [0.25, 0.3) is 0 Å². The van der Waals surface area contributed by atoms with Gasteiger partial charge >= 0.3 is 6.03 Å². The van der Waals surface area contributed by atoms with E-state index in [1.54, 1.807) is 18.7 Å². The third kappa shape index (κ3) is 4.61. The summed E-state index contributed by atoms with van der Waals surface area (Å²) in [7, 11) is 0. The molecule has 1 heterocycles. The largest absolute Gasteiger partial charge is 0.494 e. The highest BCUT2D eigenvalue weighted by Gasteiger charge is 2.32. The van der Waals surface area contributed by atoms with Crippen molar-refractivity contribution in [2.75, 3.05) is 24.7 Å². The van der Waals surface area contributed by atoms with E-state index in [0.717, 1.165) is 11.4 Å². The molecule has 1 aliphatic heterocycles. The number of ether oxygens (including phenoxy) is 1. The maximum absolute atomic E-state index is 12.2. The fourth-order valence-electron chi connectivity index (χ4n) is 2.51. The molecule has 1 aromatic carbocycles. The van der Waals surface area contributed by atoms with E-state index in [4.69, 9.17) is 4.74 Å². The Morgan fingerprint density at radius 1 is 1.38 bits per heavy atom. The van der Waals surface area contributed by atoms with Crippen LogP contribution in [0, 0.1) is 0 Å². The molecule has 0 bridgehead atoms. The molecule has 1 saturated heterocycles. The first kappa shape index (κ1) is 18.1. The van der Waals surface area contributed by atoms with Crippen LogP contribution in [0.5, 0.6) is 5.75 Å². The highest BCUT2D eigenvalue weighted by molar-refractivity contribution is 5.96. The Balaban J connectivity index is 1.94. The van der Waals surface area contributed by atoms with Crippen molar-refractivity contribution in [3.63, 3.8) is 0 Å². The van der Waals surface area contributed by atoms with Gasteiger partial charge in [-0.3, -0.25) is 4.79 Å². The Morgan fingerprint density at radius 2 is 2.04 bits per heavy atom. The minimum absolute atomic E-state index is 0.0362. The van der Waals surface area contributed by atoms with Gasteiger partial charge in [-0.2, -0.15) is 0 Å². The number of nitrogens with one attached hydrogen (secondary N) is 2. The van der Waals surface area contributed by atoms with E-state index in [-0.39, 0.29) is 31.0 Å². The minimum atomic E-state index is -0.707. The van der Waals surface area contributed by atoms with Gasteiger partial charge in [0.15, 0.2) is 0 Å². The van der Waals surface area contributed by atoms with Crippen LogP contribution in [-0.4, -0.2) is 48.4 Å². The van der Waals surface area contributed by atoms with Gasteiger partial charge in [0.25, 0.3) is 0 Å². The van der Waals surface area contributed by atoms with Crippen LogP contribution in [-0.2, 0) is 4.79 Å². The number of benzene rings is 1. The van der Waals surface area contributed by atoms with E-state index in [9.17, 15) is 14.7 Å². The monoisotopic (exact) mass is 335 g/mol. The van der Waals surface area contributed by atoms with E-state index >= 15 is 0 Å². The first-order valence-electron chi connectivity index (χ1n) is 8.07. The van der Waals surface area contributed by atoms with Gasteiger partial charge in [0.2, 0.25) is 5.91 Å². The summed E-state index contributed by atoms with van der Waals surface area (Å²) in [6.45, 7) is 6.20. The van der Waals surface area contributed by atoms with Gasteiger partial charge < -0.3 is 25.4 Å². The number of nitrogens with zero attached hydrogens (tertiary/aromatic N) is 1. The van der Waals surface area contributed by atoms with Gasteiger partial charge in [-0.05, 0) is 45.0 Å². The zero-order valence-corrected chi connectivity index (χ0v) is 14.3. The van der Waals surface area contributed by atoms with Crippen LogP contribution in [0.1, 0.15) is 27.2 Å². The van der Waals surface area contributed by atoms with Gasteiger partial charge in [-0.15, -0.1) is 0 Å². The Labute approximate surface area is 142 Å². The number of rotatable bonds is 6. The fraction of sp³-hybridized carbons (Fsp3) is 0.529. The summed E-state index contributed by atoms with van der Waals surface area (Å²) in [5.41, 5.74) is 0.0745. The van der Waals surface area contributed by atoms with Crippen LogP contribution in [0.4, 0.5) is 10.5 Å². The molecule has 0 unspecified atom stereocenters. The zero-order chi connectivity index (χ0) is 17.7. The number of anilines is 1. The maximum Gasteiger partial charge on any atom is 0.315 e. The molecule has 3 amide bonds. The molecule has 3 N–H and O–H groups in total. The Bertz CT molecular complexity index is 586. The lowest BCUT2D eigenvalue weighted by Crippen LogP contribution is -2.53. The van der Waals surface area contributed by atoms with Gasteiger partial charge in [0.1, 0.15) is 5.75 Å². The molecule has 132 valence electrons. The SMILES string of the molecule is CCOc1ccc(N2C[C@@H](NC(=O)NC(C)(C)CO)CC2=O)cc1. The number of aliphatic hydroxyl groups is 1. The Morgan fingerprint density at radius 3 is 2.62 bits per heavy atom. The van der Waals surface area contributed by atoms with E-state index in [1.807, 2.05) is 31.2 Å². The average molecular weight is 335 g/mol. The molecule has 7 heteroatoms. The molecular weight excluding hydrogens is 310 g/mol. The smallest absolute Gasteiger partial charge is 0.315 e. The van der Waals surface area contributed by atoms with E-state index < -0.39 is 5.54 Å². The number of amides is 3. The second-order valence-corrected chi connectivity index (χ2v) is 6.47. The molecular formula is C17H25N3O4. The summed E-state index contributed by atoms with van der Waals surface area (Å²) in [5.74, 6) is 0.721. The molecule has 0 radical (unpaired) electrons.